The van der Waals surface area contributed by atoms with E-state index in [-0.39, 0.29) is 24.6 Å². The fourth-order valence-corrected chi connectivity index (χ4v) is 4.99. The molecule has 10 heteroatoms. The molecule has 1 aliphatic rings. The maximum Gasteiger partial charge on any atom is 0.410 e. The summed E-state index contributed by atoms with van der Waals surface area (Å²) in [5, 5.41) is 5.81. The molecular formula is C24H38IN3O5S. The molecule has 8 nitrogen and oxygen atoms in total. The summed E-state index contributed by atoms with van der Waals surface area (Å²) in [5.41, 5.74) is 0.305. The van der Waals surface area contributed by atoms with Gasteiger partial charge in [-0.2, -0.15) is 7.20 Å². The van der Waals surface area contributed by atoms with Crippen LogP contribution >= 0.6 is 28.4 Å². The van der Waals surface area contributed by atoms with Gasteiger partial charge < -0.3 is 25.0 Å². The van der Waals surface area contributed by atoms with Crippen molar-refractivity contribution < 1.29 is 23.9 Å². The number of ether oxygens (including phenoxy) is 2. The smallest absolute Gasteiger partial charge is 0.410 e. The third kappa shape index (κ3) is 11.2. The number of hydrogen-bond acceptors (Lipinski definition) is 5. The fraction of sp³-hybridized carbons (Fsp3) is 0.625. The number of benzene rings is 1. The van der Waals surface area contributed by atoms with E-state index in [1.54, 1.807) is 25.7 Å². The van der Waals surface area contributed by atoms with E-state index in [4.69, 9.17) is 9.47 Å². The summed E-state index contributed by atoms with van der Waals surface area (Å²) < 4.78 is 10.8. The third-order valence-corrected chi connectivity index (χ3v) is 7.73. The van der Waals surface area contributed by atoms with Crippen LogP contribution in [-0.4, -0.2) is 72.0 Å². The molecule has 1 unspecified atom stereocenters. The van der Waals surface area contributed by atoms with Crippen LogP contribution in [0.25, 0.3) is 0 Å². The molecule has 2 N–H and O–H groups in total. The Morgan fingerprint density at radius 3 is 2.32 bits per heavy atom. The first-order chi connectivity index (χ1) is 15.8. The van der Waals surface area contributed by atoms with E-state index in [1.807, 2.05) is 30.3 Å². The summed E-state index contributed by atoms with van der Waals surface area (Å²) in [7, 11) is -0.859. The van der Waals surface area contributed by atoms with E-state index in [0.717, 1.165) is 11.3 Å². The van der Waals surface area contributed by atoms with Crippen molar-refractivity contribution in [1.29, 1.82) is 0 Å². The van der Waals surface area contributed by atoms with Gasteiger partial charge in [0.05, 0.1) is 0 Å². The number of carbonyl (C=O) groups excluding carboxylic acids is 3. The van der Waals surface area contributed by atoms with Crippen molar-refractivity contribution in [2.45, 2.75) is 64.3 Å². The molecule has 0 spiro atoms. The monoisotopic (exact) mass is 607 g/mol. The molecule has 0 radical (unpaired) electrons. The maximum atomic E-state index is 13.0. The van der Waals surface area contributed by atoms with Gasteiger partial charge in [0.25, 0.3) is 0 Å². The topological polar surface area (TPSA) is 97.0 Å². The van der Waals surface area contributed by atoms with Crippen LogP contribution in [0, 0.1) is 0 Å². The Morgan fingerprint density at radius 2 is 1.76 bits per heavy atom. The second-order valence-corrected chi connectivity index (χ2v) is 20.3. The van der Waals surface area contributed by atoms with Gasteiger partial charge in [0.15, 0.2) is 0 Å². The number of hydrogen-bond donors (Lipinski definition) is 2. The summed E-state index contributed by atoms with van der Waals surface area (Å²) in [6, 6.07) is 8.84. The Balaban J connectivity index is 1.84. The van der Waals surface area contributed by atoms with Crippen molar-refractivity contribution in [1.82, 2.24) is 15.5 Å². The lowest BCUT2D eigenvalue weighted by atomic mass is 10.0. The minimum atomic E-state index is -0.859. The van der Waals surface area contributed by atoms with Gasteiger partial charge in [-0.15, -0.1) is 0 Å². The van der Waals surface area contributed by atoms with Crippen molar-refractivity contribution in [3.05, 3.63) is 35.9 Å². The van der Waals surface area contributed by atoms with Gasteiger partial charge in [0, 0.05) is 19.1 Å². The van der Waals surface area contributed by atoms with Crippen LogP contribution in [0.3, 0.4) is 0 Å². The molecule has 192 valence electrons. The molecule has 0 aromatic heterocycles. The molecule has 1 fully saturated rings. The van der Waals surface area contributed by atoms with E-state index in [2.05, 4.69) is 44.4 Å². The van der Waals surface area contributed by atoms with E-state index in [1.165, 1.54) is 0 Å². The van der Waals surface area contributed by atoms with Gasteiger partial charge in [-0.25, -0.2) is 9.59 Å². The van der Waals surface area contributed by atoms with Gasteiger partial charge in [0.1, 0.15) is 18.2 Å². The standard InChI is InChI=1S/C24H38IN3O5S/c1-24(2,3)33-22(30)27-20(13-16-34(4,5)25)21(29)26-19-11-14-28(15-12-19)23(31)32-17-18-9-7-6-8-10-18/h6-10,19-20H,11-17H2,1-5H3,(H,26,29)(H,27,30). The Hall–Kier alpha value is -1.69. The molecular weight excluding hydrogens is 569 g/mol. The van der Waals surface area contributed by atoms with Crippen molar-refractivity contribution >= 4 is 46.5 Å². The average molecular weight is 608 g/mol. The largest absolute Gasteiger partial charge is 0.445 e. The summed E-state index contributed by atoms with van der Waals surface area (Å²) in [6.07, 6.45) is 5.21. The van der Waals surface area contributed by atoms with Crippen LogP contribution in [0.1, 0.15) is 45.6 Å². The molecule has 34 heavy (non-hydrogen) atoms. The second kappa shape index (κ2) is 12.9. The summed E-state index contributed by atoms with van der Waals surface area (Å²) >= 11 is 2.42. The van der Waals surface area contributed by atoms with E-state index in [0.29, 0.717) is 32.4 Å². The van der Waals surface area contributed by atoms with E-state index in [9.17, 15) is 14.4 Å². The lowest BCUT2D eigenvalue weighted by molar-refractivity contribution is -0.124. The number of rotatable bonds is 8. The number of halogens is 1. The van der Waals surface area contributed by atoms with Gasteiger partial charge >= 0.3 is 12.2 Å². The molecule has 1 aliphatic heterocycles. The minimum absolute atomic E-state index is 0.0615. The Morgan fingerprint density at radius 1 is 1.15 bits per heavy atom. The molecule has 1 aromatic carbocycles. The maximum absolute atomic E-state index is 13.0. The number of likely N-dealkylation sites (tertiary alicyclic amines) is 1. The SMILES string of the molecule is CC(C)(C)OC(=O)NC(CCS(C)(C)I)C(=O)NC1CCN(C(=O)OCc2ccccc2)CC1. The average Bonchev–Trinajstić information content (AvgIpc) is 2.74. The Labute approximate surface area is 216 Å². The number of nitrogens with zero attached hydrogens (tertiary/aromatic N) is 1. The quantitative estimate of drug-likeness (QED) is 0.422. The van der Waals surface area contributed by atoms with Crippen LogP contribution in [-0.2, 0) is 20.9 Å². The molecule has 0 bridgehead atoms. The van der Waals surface area contributed by atoms with E-state index >= 15 is 0 Å². The number of piperidine rings is 1. The third-order valence-electron chi connectivity index (χ3n) is 5.20. The highest BCUT2D eigenvalue weighted by Gasteiger charge is 2.29. The normalized spacial score (nSPS) is 16.4. The fourth-order valence-electron chi connectivity index (χ4n) is 3.44. The molecule has 1 aromatic rings. The minimum Gasteiger partial charge on any atom is -0.445 e. The number of carbonyl (C=O) groups is 3. The van der Waals surface area contributed by atoms with Crippen LogP contribution in [0.5, 0.6) is 0 Å². The first-order valence-electron chi connectivity index (χ1n) is 11.5. The summed E-state index contributed by atoms with van der Waals surface area (Å²) in [6.45, 7) is 6.62. The predicted molar refractivity (Wildman–Crippen MR) is 145 cm³/mol. The van der Waals surface area contributed by atoms with Crippen LogP contribution < -0.4 is 10.6 Å². The second-order valence-electron chi connectivity index (χ2n) is 9.91. The summed E-state index contributed by atoms with van der Waals surface area (Å²) in [5.74, 6) is 0.628. The zero-order valence-electron chi connectivity index (χ0n) is 20.8. The summed E-state index contributed by atoms with van der Waals surface area (Å²) in [4.78, 5) is 39.4. The van der Waals surface area contributed by atoms with Gasteiger partial charge in [0.2, 0.25) is 5.91 Å². The van der Waals surface area contributed by atoms with Crippen molar-refractivity contribution in [2.24, 2.45) is 0 Å². The highest BCUT2D eigenvalue weighted by Crippen LogP contribution is 2.49. The number of amides is 3. The number of nitrogens with one attached hydrogen (secondary N) is 2. The van der Waals surface area contributed by atoms with Crippen molar-refractivity contribution in [2.75, 3.05) is 31.4 Å². The van der Waals surface area contributed by atoms with Crippen LogP contribution in [0.4, 0.5) is 9.59 Å². The van der Waals surface area contributed by atoms with Gasteiger partial charge in [-0.05, 0) is 85.1 Å². The molecule has 1 atom stereocenters. The Kier molecular flexibility index (Phi) is 10.8. The zero-order valence-corrected chi connectivity index (χ0v) is 23.7. The van der Waals surface area contributed by atoms with Gasteiger partial charge in [-0.3, -0.25) is 4.79 Å². The highest BCUT2D eigenvalue weighted by molar-refractivity contribution is 14.2. The molecule has 1 saturated heterocycles. The Bertz CT molecular complexity index is 818. The number of alkyl carbamates (subject to hydrolysis) is 1. The molecule has 1 heterocycles. The van der Waals surface area contributed by atoms with Gasteiger partial charge in [-0.1, -0.05) is 30.3 Å². The molecule has 2 rings (SSSR count). The molecule has 3 amide bonds. The van der Waals surface area contributed by atoms with Crippen molar-refractivity contribution in [3.8, 4) is 0 Å². The highest BCUT2D eigenvalue weighted by atomic mass is 127. The lowest BCUT2D eigenvalue weighted by Crippen LogP contribution is -2.53. The van der Waals surface area contributed by atoms with Crippen molar-refractivity contribution in [3.63, 3.8) is 0 Å². The zero-order chi connectivity index (χ0) is 25.4. The first-order valence-corrected chi connectivity index (χ1v) is 16.6. The van der Waals surface area contributed by atoms with Crippen LogP contribution in [0.2, 0.25) is 0 Å². The lowest BCUT2D eigenvalue weighted by Gasteiger charge is -2.33. The van der Waals surface area contributed by atoms with E-state index < -0.39 is 24.9 Å². The molecule has 0 saturated carbocycles. The first kappa shape index (κ1) is 28.5. The predicted octanol–water partition coefficient (Wildman–Crippen LogP) is 4.60. The van der Waals surface area contributed by atoms with Crippen LogP contribution in [0.15, 0.2) is 30.3 Å². The molecule has 0 aliphatic carbocycles.